The monoisotopic (exact) mass is 466 g/mol. The molecule has 1 aliphatic heterocycles. The Morgan fingerprint density at radius 1 is 1.36 bits per heavy atom. The highest BCUT2D eigenvalue weighted by Gasteiger charge is 2.30. The highest BCUT2D eigenvalue weighted by atomic mass is 79.9. The third-order valence-electron chi connectivity index (χ3n) is 3.85. The van der Waals surface area contributed by atoms with Crippen LogP contribution in [0.15, 0.2) is 34.1 Å². The maximum Gasteiger partial charge on any atom is 0.308 e. The maximum atomic E-state index is 12.3. The second-order valence-electron chi connectivity index (χ2n) is 5.49. The minimum atomic E-state index is -0.828. The van der Waals surface area contributed by atoms with E-state index >= 15 is 0 Å². The second-order valence-corrected chi connectivity index (χ2v) is 7.27. The van der Waals surface area contributed by atoms with Gasteiger partial charge in [0.2, 0.25) is 5.91 Å². The fraction of sp³-hybridized carbons (Fsp3) is 0.312. The average molecular weight is 468 g/mol. The SMILES string of the molecule is Cl.Cl.O=C(O)C1CCN(C(=O)Cc2csc(-c3cccc(Br)c3)n2)C1. The molecule has 0 spiro atoms. The van der Waals surface area contributed by atoms with Gasteiger partial charge in [-0.15, -0.1) is 36.2 Å². The van der Waals surface area contributed by atoms with Crippen LogP contribution in [0.4, 0.5) is 0 Å². The van der Waals surface area contributed by atoms with E-state index in [0.717, 1.165) is 20.7 Å². The lowest BCUT2D eigenvalue weighted by Crippen LogP contribution is -2.31. The standard InChI is InChI=1S/C16H15BrN2O3S.2ClH/c17-12-3-1-2-10(6-12)15-18-13(9-23-15)7-14(20)19-5-4-11(8-19)16(21)22;;/h1-3,6,9,11H,4-5,7-8H2,(H,21,22);2*1H. The number of nitrogens with zero attached hydrogens (tertiary/aromatic N) is 2. The molecule has 2 aromatic rings. The molecule has 3 rings (SSSR count). The molecule has 0 aliphatic carbocycles. The second kappa shape index (κ2) is 9.52. The zero-order valence-corrected chi connectivity index (χ0v) is 17.1. The number of thiazole rings is 1. The largest absolute Gasteiger partial charge is 0.481 e. The molecule has 1 atom stereocenters. The Labute approximate surface area is 170 Å². The summed E-state index contributed by atoms with van der Waals surface area (Å²) >= 11 is 4.94. The molecule has 1 fully saturated rings. The van der Waals surface area contributed by atoms with Gasteiger partial charge >= 0.3 is 5.97 Å². The zero-order valence-electron chi connectivity index (χ0n) is 13.1. The van der Waals surface area contributed by atoms with E-state index in [4.69, 9.17) is 5.11 Å². The third-order valence-corrected chi connectivity index (χ3v) is 5.28. The fourth-order valence-electron chi connectivity index (χ4n) is 2.60. The summed E-state index contributed by atoms with van der Waals surface area (Å²) in [5.74, 6) is -1.32. The number of benzene rings is 1. The highest BCUT2D eigenvalue weighted by Crippen LogP contribution is 2.27. The van der Waals surface area contributed by atoms with E-state index in [1.807, 2.05) is 29.6 Å². The number of rotatable bonds is 4. The normalized spacial score (nSPS) is 16.0. The van der Waals surface area contributed by atoms with Crippen molar-refractivity contribution in [3.05, 3.63) is 39.8 Å². The molecule has 1 unspecified atom stereocenters. The van der Waals surface area contributed by atoms with Crippen LogP contribution < -0.4 is 0 Å². The van der Waals surface area contributed by atoms with Crippen molar-refractivity contribution in [2.75, 3.05) is 13.1 Å². The Bertz CT molecular complexity index is 756. The van der Waals surface area contributed by atoms with Gasteiger partial charge < -0.3 is 10.0 Å². The number of carbonyl (C=O) groups excluding carboxylic acids is 1. The molecule has 0 bridgehead atoms. The van der Waals surface area contributed by atoms with Gasteiger partial charge in [0.05, 0.1) is 18.0 Å². The van der Waals surface area contributed by atoms with Gasteiger partial charge in [-0.25, -0.2) is 4.98 Å². The predicted octanol–water partition coefficient (Wildman–Crippen LogP) is 3.89. The van der Waals surface area contributed by atoms with Crippen molar-refractivity contribution in [2.45, 2.75) is 12.8 Å². The van der Waals surface area contributed by atoms with E-state index in [0.29, 0.717) is 19.5 Å². The summed E-state index contributed by atoms with van der Waals surface area (Å²) in [5.41, 5.74) is 1.74. The molecule has 2 heterocycles. The van der Waals surface area contributed by atoms with Gasteiger partial charge in [-0.3, -0.25) is 9.59 Å². The summed E-state index contributed by atoms with van der Waals surface area (Å²) < 4.78 is 0.986. The molecule has 9 heteroatoms. The van der Waals surface area contributed by atoms with Crippen molar-refractivity contribution in [3.8, 4) is 10.6 Å². The van der Waals surface area contributed by atoms with Crippen LogP contribution in [0.2, 0.25) is 0 Å². The van der Waals surface area contributed by atoms with Gasteiger partial charge in [-0.2, -0.15) is 0 Å². The minimum absolute atomic E-state index is 0. The number of carboxylic acids is 1. The lowest BCUT2D eigenvalue weighted by Gasteiger charge is -2.14. The average Bonchev–Trinajstić information content (AvgIpc) is 3.16. The first-order valence-electron chi connectivity index (χ1n) is 7.24. The molecular formula is C16H17BrCl2N2O3S. The molecule has 1 saturated heterocycles. The van der Waals surface area contributed by atoms with E-state index in [-0.39, 0.29) is 37.1 Å². The Morgan fingerprint density at radius 2 is 2.12 bits per heavy atom. The van der Waals surface area contributed by atoms with Crippen molar-refractivity contribution in [2.24, 2.45) is 5.92 Å². The summed E-state index contributed by atoms with van der Waals surface area (Å²) in [4.78, 5) is 29.4. The van der Waals surface area contributed by atoms with Crippen LogP contribution >= 0.6 is 52.1 Å². The third kappa shape index (κ3) is 5.41. The zero-order chi connectivity index (χ0) is 16.4. The summed E-state index contributed by atoms with van der Waals surface area (Å²) in [6, 6.07) is 7.87. The van der Waals surface area contributed by atoms with Crippen LogP contribution in [0, 0.1) is 5.92 Å². The molecule has 1 aromatic carbocycles. The Balaban J connectivity index is 0.00000156. The van der Waals surface area contributed by atoms with Gasteiger partial charge in [0, 0.05) is 28.5 Å². The summed E-state index contributed by atoms with van der Waals surface area (Å²) in [5, 5.41) is 11.8. The molecule has 5 nitrogen and oxygen atoms in total. The van der Waals surface area contributed by atoms with Crippen molar-refractivity contribution < 1.29 is 14.7 Å². The summed E-state index contributed by atoms with van der Waals surface area (Å²) in [7, 11) is 0. The number of amides is 1. The molecule has 136 valence electrons. The fourth-order valence-corrected chi connectivity index (χ4v) is 3.81. The Kier molecular flexibility index (Phi) is 8.34. The smallest absolute Gasteiger partial charge is 0.308 e. The number of hydrogen-bond donors (Lipinski definition) is 1. The molecule has 1 aliphatic rings. The van der Waals surface area contributed by atoms with Crippen LogP contribution in [0.25, 0.3) is 10.6 Å². The Hall–Kier alpha value is -1.15. The Morgan fingerprint density at radius 3 is 2.76 bits per heavy atom. The number of carboxylic acid groups (broad SMARTS) is 1. The first-order valence-corrected chi connectivity index (χ1v) is 8.91. The molecule has 0 radical (unpaired) electrons. The summed E-state index contributed by atoms with van der Waals surface area (Å²) in [6.45, 7) is 0.815. The molecule has 1 amide bonds. The molecule has 1 aromatic heterocycles. The summed E-state index contributed by atoms with van der Waals surface area (Å²) in [6.07, 6.45) is 0.748. The number of hydrogen-bond acceptors (Lipinski definition) is 4. The van der Waals surface area contributed by atoms with Crippen molar-refractivity contribution >= 4 is 64.0 Å². The molecule has 0 saturated carbocycles. The number of halogens is 3. The lowest BCUT2D eigenvalue weighted by atomic mass is 10.1. The molecule has 25 heavy (non-hydrogen) atoms. The molecular weight excluding hydrogens is 451 g/mol. The van der Waals surface area contributed by atoms with Crippen LogP contribution in [0.3, 0.4) is 0 Å². The number of aliphatic carboxylic acids is 1. The quantitative estimate of drug-likeness (QED) is 0.740. The van der Waals surface area contributed by atoms with Crippen LogP contribution in [-0.2, 0) is 16.0 Å². The maximum absolute atomic E-state index is 12.3. The van der Waals surface area contributed by atoms with Gasteiger partial charge in [0.15, 0.2) is 0 Å². The first kappa shape index (κ1) is 21.9. The van der Waals surface area contributed by atoms with Gasteiger partial charge in [-0.05, 0) is 18.6 Å². The lowest BCUT2D eigenvalue weighted by molar-refractivity contribution is -0.141. The van der Waals surface area contributed by atoms with E-state index in [1.54, 1.807) is 4.90 Å². The minimum Gasteiger partial charge on any atom is -0.481 e. The van der Waals surface area contributed by atoms with E-state index < -0.39 is 11.9 Å². The van der Waals surface area contributed by atoms with Crippen LogP contribution in [-0.4, -0.2) is 40.0 Å². The van der Waals surface area contributed by atoms with Gasteiger partial charge in [0.25, 0.3) is 0 Å². The van der Waals surface area contributed by atoms with Crippen LogP contribution in [0.1, 0.15) is 12.1 Å². The van der Waals surface area contributed by atoms with Crippen LogP contribution in [0.5, 0.6) is 0 Å². The highest BCUT2D eigenvalue weighted by molar-refractivity contribution is 9.10. The molecule has 1 N–H and O–H groups in total. The van der Waals surface area contributed by atoms with Crippen molar-refractivity contribution in [1.82, 2.24) is 9.88 Å². The number of aromatic nitrogens is 1. The number of carbonyl (C=O) groups is 2. The van der Waals surface area contributed by atoms with Crippen molar-refractivity contribution in [1.29, 1.82) is 0 Å². The topological polar surface area (TPSA) is 70.5 Å². The van der Waals surface area contributed by atoms with Gasteiger partial charge in [0.1, 0.15) is 5.01 Å². The van der Waals surface area contributed by atoms with E-state index in [1.165, 1.54) is 11.3 Å². The number of likely N-dealkylation sites (tertiary alicyclic amines) is 1. The first-order chi connectivity index (χ1) is 11.0. The predicted molar refractivity (Wildman–Crippen MR) is 106 cm³/mol. The van der Waals surface area contributed by atoms with E-state index in [9.17, 15) is 9.59 Å². The van der Waals surface area contributed by atoms with E-state index in [2.05, 4.69) is 20.9 Å². The van der Waals surface area contributed by atoms with Gasteiger partial charge in [-0.1, -0.05) is 28.1 Å². The van der Waals surface area contributed by atoms with Crippen molar-refractivity contribution in [3.63, 3.8) is 0 Å².